The summed E-state index contributed by atoms with van der Waals surface area (Å²) in [6.45, 7) is 5.02. The second kappa shape index (κ2) is 5.58. The maximum absolute atomic E-state index is 12.6. The topological polar surface area (TPSA) is 93.1 Å². The molecule has 0 saturated carbocycles. The lowest BCUT2D eigenvalue weighted by molar-refractivity contribution is -0.153. The fourth-order valence-electron chi connectivity index (χ4n) is 3.48. The van der Waals surface area contributed by atoms with Crippen LogP contribution in [0, 0.1) is 11.8 Å². The minimum Gasteiger partial charge on any atom is -0.459 e. The minimum absolute atomic E-state index is 0.0913. The third kappa shape index (κ3) is 2.31. The first kappa shape index (κ1) is 15.9. The van der Waals surface area contributed by atoms with Crippen LogP contribution in [-0.4, -0.2) is 59.3 Å². The Morgan fingerprint density at radius 3 is 2.87 bits per heavy atom. The fourth-order valence-corrected chi connectivity index (χ4v) is 3.48. The number of hydrogen-bond acceptors (Lipinski definition) is 6. The van der Waals surface area contributed by atoms with Crippen molar-refractivity contribution in [2.45, 2.75) is 25.0 Å². The molecule has 0 aromatic rings. The van der Waals surface area contributed by atoms with Crippen molar-refractivity contribution in [3.8, 4) is 0 Å². The number of carbonyl (C=O) groups excluding carboxylic acids is 3. The fraction of sp³-hybridized carbons (Fsp3) is 0.562. The number of imide groups is 1. The van der Waals surface area contributed by atoms with Gasteiger partial charge in [-0.3, -0.25) is 14.5 Å². The van der Waals surface area contributed by atoms with Crippen molar-refractivity contribution in [2.24, 2.45) is 11.8 Å². The number of fused-ring (bicyclic) bond motifs is 5. The van der Waals surface area contributed by atoms with Crippen LogP contribution in [-0.2, 0) is 23.9 Å². The average Bonchev–Trinajstić information content (AvgIpc) is 3.15. The summed E-state index contributed by atoms with van der Waals surface area (Å²) in [6, 6.07) is 0. The molecule has 2 saturated heterocycles. The first-order valence-corrected chi connectivity index (χ1v) is 7.57. The van der Waals surface area contributed by atoms with Crippen LogP contribution in [0.1, 0.15) is 13.3 Å². The van der Waals surface area contributed by atoms with Crippen LogP contribution < -0.4 is 0 Å². The molecule has 0 spiro atoms. The van der Waals surface area contributed by atoms with E-state index in [-0.39, 0.29) is 37.1 Å². The highest BCUT2D eigenvalue weighted by Crippen LogP contribution is 2.51. The number of carbonyl (C=O) groups is 3. The molecule has 7 heteroatoms. The largest absolute Gasteiger partial charge is 0.459 e. The van der Waals surface area contributed by atoms with Crippen LogP contribution in [0.25, 0.3) is 0 Å². The second-order valence-electron chi connectivity index (χ2n) is 6.16. The molecule has 3 heterocycles. The van der Waals surface area contributed by atoms with Crippen LogP contribution >= 0.6 is 0 Å². The number of nitrogens with zero attached hydrogens (tertiary/aromatic N) is 1. The van der Waals surface area contributed by atoms with Gasteiger partial charge in [-0.05, 0) is 19.4 Å². The van der Waals surface area contributed by atoms with E-state index in [9.17, 15) is 14.4 Å². The summed E-state index contributed by atoms with van der Waals surface area (Å²) in [5.74, 6) is -2.42. The molecule has 1 N–H and O–H groups in total. The second-order valence-corrected chi connectivity index (χ2v) is 6.16. The van der Waals surface area contributed by atoms with Gasteiger partial charge in [-0.1, -0.05) is 12.7 Å². The van der Waals surface area contributed by atoms with Gasteiger partial charge >= 0.3 is 5.97 Å². The number of rotatable bonds is 6. The predicted molar refractivity (Wildman–Crippen MR) is 77.9 cm³/mol. The van der Waals surface area contributed by atoms with Crippen molar-refractivity contribution in [1.29, 1.82) is 0 Å². The van der Waals surface area contributed by atoms with Crippen LogP contribution in [0.3, 0.4) is 0 Å². The summed E-state index contributed by atoms with van der Waals surface area (Å²) < 4.78 is 11.0. The van der Waals surface area contributed by atoms with Gasteiger partial charge in [0.2, 0.25) is 11.8 Å². The number of ether oxygens (including phenoxy) is 2. The molecule has 2 fully saturated rings. The van der Waals surface area contributed by atoms with Crippen LogP contribution in [0.5, 0.6) is 0 Å². The van der Waals surface area contributed by atoms with Crippen molar-refractivity contribution in [1.82, 2.24) is 4.90 Å². The zero-order chi connectivity index (χ0) is 16.8. The summed E-state index contributed by atoms with van der Waals surface area (Å²) in [6.07, 6.45) is 3.33. The Labute approximate surface area is 133 Å². The molecule has 3 aliphatic heterocycles. The monoisotopic (exact) mass is 321 g/mol. The SMILES string of the molecule is C=C(C)C(=O)OCC12C=CC(O1)C1C(=O)N(CCCO)C(=O)C12. The van der Waals surface area contributed by atoms with Crippen molar-refractivity contribution >= 4 is 17.8 Å². The summed E-state index contributed by atoms with van der Waals surface area (Å²) in [7, 11) is 0. The van der Waals surface area contributed by atoms with E-state index >= 15 is 0 Å². The average molecular weight is 321 g/mol. The first-order valence-electron chi connectivity index (χ1n) is 7.57. The minimum atomic E-state index is -1.08. The molecule has 0 aromatic carbocycles. The molecule has 3 rings (SSSR count). The van der Waals surface area contributed by atoms with E-state index in [0.717, 1.165) is 0 Å². The van der Waals surface area contributed by atoms with Gasteiger partial charge in [-0.25, -0.2) is 4.79 Å². The summed E-state index contributed by atoms with van der Waals surface area (Å²) >= 11 is 0. The van der Waals surface area contributed by atoms with Gasteiger partial charge in [0.15, 0.2) is 0 Å². The van der Waals surface area contributed by atoms with E-state index in [1.807, 2.05) is 0 Å². The van der Waals surface area contributed by atoms with Crippen LogP contribution in [0.4, 0.5) is 0 Å². The smallest absolute Gasteiger partial charge is 0.333 e. The third-order valence-electron chi connectivity index (χ3n) is 4.56. The molecule has 0 aliphatic carbocycles. The number of aliphatic hydroxyl groups is 1. The Bertz CT molecular complexity index is 612. The van der Waals surface area contributed by atoms with Crippen molar-refractivity contribution in [3.05, 3.63) is 24.3 Å². The lowest BCUT2D eigenvalue weighted by Gasteiger charge is -2.28. The molecule has 2 amide bonds. The van der Waals surface area contributed by atoms with E-state index in [4.69, 9.17) is 14.6 Å². The van der Waals surface area contributed by atoms with Crippen molar-refractivity contribution < 1.29 is 29.0 Å². The van der Waals surface area contributed by atoms with Gasteiger partial charge in [-0.2, -0.15) is 0 Å². The molecule has 0 radical (unpaired) electrons. The van der Waals surface area contributed by atoms with E-state index in [0.29, 0.717) is 6.42 Å². The molecule has 4 unspecified atom stereocenters. The maximum atomic E-state index is 12.6. The van der Waals surface area contributed by atoms with Gasteiger partial charge in [-0.15, -0.1) is 0 Å². The summed E-state index contributed by atoms with van der Waals surface area (Å²) in [4.78, 5) is 37.9. The number of hydrogen-bond donors (Lipinski definition) is 1. The molecule has 3 aliphatic rings. The number of amides is 2. The van der Waals surface area contributed by atoms with Gasteiger partial charge in [0.25, 0.3) is 0 Å². The molecule has 0 aromatic heterocycles. The lowest BCUT2D eigenvalue weighted by Crippen LogP contribution is -2.44. The quantitative estimate of drug-likeness (QED) is 0.315. The van der Waals surface area contributed by atoms with Crippen molar-refractivity contribution in [3.63, 3.8) is 0 Å². The summed E-state index contributed by atoms with van der Waals surface area (Å²) in [5, 5.41) is 8.91. The number of esters is 1. The number of aliphatic hydroxyl groups excluding tert-OH is 1. The normalized spacial score (nSPS) is 34.2. The molecule has 4 atom stereocenters. The molecular formula is C16H19NO6. The molecule has 23 heavy (non-hydrogen) atoms. The Balaban J connectivity index is 1.80. The Hall–Kier alpha value is -1.99. The maximum Gasteiger partial charge on any atom is 0.333 e. The predicted octanol–water partition coefficient (Wildman–Crippen LogP) is -0.203. The van der Waals surface area contributed by atoms with Gasteiger partial charge < -0.3 is 14.6 Å². The highest BCUT2D eigenvalue weighted by Gasteiger charge is 2.67. The lowest BCUT2D eigenvalue weighted by atomic mass is 9.77. The van der Waals surface area contributed by atoms with E-state index in [1.165, 1.54) is 11.8 Å². The zero-order valence-electron chi connectivity index (χ0n) is 12.9. The van der Waals surface area contributed by atoms with E-state index in [1.54, 1.807) is 12.2 Å². The zero-order valence-corrected chi connectivity index (χ0v) is 12.9. The Morgan fingerprint density at radius 1 is 1.48 bits per heavy atom. The highest BCUT2D eigenvalue weighted by molar-refractivity contribution is 6.07. The van der Waals surface area contributed by atoms with Crippen LogP contribution in [0.2, 0.25) is 0 Å². The van der Waals surface area contributed by atoms with E-state index in [2.05, 4.69) is 6.58 Å². The highest BCUT2D eigenvalue weighted by atomic mass is 16.6. The molecule has 2 bridgehead atoms. The standard InChI is InChI=1S/C16H19NO6/c1-9(2)15(21)22-8-16-5-4-10(23-16)11-12(16)14(20)17(13(11)19)6-3-7-18/h4-5,10-12,18H,1,3,6-8H2,2H3. The Morgan fingerprint density at radius 2 is 2.22 bits per heavy atom. The molecule has 124 valence electrons. The van der Waals surface area contributed by atoms with E-state index < -0.39 is 29.5 Å². The van der Waals surface area contributed by atoms with Gasteiger partial charge in [0.1, 0.15) is 12.2 Å². The van der Waals surface area contributed by atoms with Crippen LogP contribution in [0.15, 0.2) is 24.3 Å². The van der Waals surface area contributed by atoms with Gasteiger partial charge in [0, 0.05) is 18.7 Å². The Kier molecular flexibility index (Phi) is 3.85. The first-order chi connectivity index (χ1) is 10.9. The third-order valence-corrected chi connectivity index (χ3v) is 4.56. The molecule has 7 nitrogen and oxygen atoms in total. The summed E-state index contributed by atoms with van der Waals surface area (Å²) in [5.41, 5.74) is -0.825. The van der Waals surface area contributed by atoms with Gasteiger partial charge in [0.05, 0.1) is 17.9 Å². The molecular weight excluding hydrogens is 302 g/mol. The number of likely N-dealkylation sites (tertiary alicyclic amines) is 1. The van der Waals surface area contributed by atoms with Crippen molar-refractivity contribution in [2.75, 3.05) is 19.8 Å².